The Hall–Kier alpha value is -0.830. The number of carbonyl (C=O) groups excluding carboxylic acids is 1. The molecular weight excluding hydrogens is 297 g/mol. The fourth-order valence-corrected chi connectivity index (χ4v) is 2.14. The van der Waals surface area contributed by atoms with Crippen LogP contribution in [0.25, 0.3) is 0 Å². The minimum atomic E-state index is -4.42. The van der Waals surface area contributed by atoms with Crippen molar-refractivity contribution in [3.05, 3.63) is 0 Å². The van der Waals surface area contributed by atoms with Crippen LogP contribution in [0.4, 0.5) is 13.2 Å². The maximum Gasteiger partial charge on any atom is 0.406 e. The number of alkyl halides is 3. The molecule has 0 radical (unpaired) electrons. The molecule has 9 heteroatoms. The summed E-state index contributed by atoms with van der Waals surface area (Å²) in [4.78, 5) is 12.2. The van der Waals surface area contributed by atoms with Crippen molar-refractivity contribution in [3.8, 4) is 0 Å². The zero-order chi connectivity index (χ0) is 15.8. The molecule has 5 nitrogen and oxygen atoms in total. The van der Waals surface area contributed by atoms with Crippen LogP contribution in [0.3, 0.4) is 0 Å². The van der Waals surface area contributed by atoms with E-state index in [-0.39, 0.29) is 19.5 Å². The van der Waals surface area contributed by atoms with Gasteiger partial charge < -0.3 is 10.2 Å². The molecular formula is C11H19F3N2O3S. The number of halogens is 3. The van der Waals surface area contributed by atoms with Crippen LogP contribution in [0.2, 0.25) is 0 Å². The molecule has 0 bridgehead atoms. The van der Waals surface area contributed by atoms with Gasteiger partial charge in [0.1, 0.15) is 6.54 Å². The maximum absolute atomic E-state index is 12.2. The number of nitrogens with zero attached hydrogens (tertiary/aromatic N) is 1. The monoisotopic (exact) mass is 316 g/mol. The fourth-order valence-electron chi connectivity index (χ4n) is 1.80. The lowest BCUT2D eigenvalue weighted by Crippen LogP contribution is -2.46. The highest BCUT2D eigenvalue weighted by Gasteiger charge is 2.39. The van der Waals surface area contributed by atoms with E-state index in [1.54, 1.807) is 0 Å². The van der Waals surface area contributed by atoms with Gasteiger partial charge in [0.05, 0.1) is 4.75 Å². The Morgan fingerprint density at radius 3 is 2.35 bits per heavy atom. The van der Waals surface area contributed by atoms with Crippen molar-refractivity contribution in [1.29, 1.82) is 0 Å². The van der Waals surface area contributed by atoms with E-state index in [4.69, 9.17) is 0 Å². The van der Waals surface area contributed by atoms with Gasteiger partial charge in [0.25, 0.3) is 0 Å². The number of carbonyl (C=O) groups is 1. The zero-order valence-electron chi connectivity index (χ0n) is 11.6. The van der Waals surface area contributed by atoms with Gasteiger partial charge >= 0.3 is 6.18 Å². The molecule has 0 spiro atoms. The molecule has 1 amide bonds. The summed E-state index contributed by atoms with van der Waals surface area (Å²) in [5.74, 6) is -0.572. The molecule has 0 unspecified atom stereocenters. The number of rotatable bonds is 5. The van der Waals surface area contributed by atoms with Gasteiger partial charge in [0, 0.05) is 31.8 Å². The van der Waals surface area contributed by atoms with Crippen molar-refractivity contribution in [2.45, 2.75) is 37.2 Å². The van der Waals surface area contributed by atoms with E-state index in [9.17, 15) is 26.4 Å². The summed E-state index contributed by atoms with van der Waals surface area (Å²) in [7, 11) is -3.29. The second kappa shape index (κ2) is 5.51. The summed E-state index contributed by atoms with van der Waals surface area (Å²) >= 11 is 0. The topological polar surface area (TPSA) is 66.5 Å². The van der Waals surface area contributed by atoms with Crippen LogP contribution in [0.5, 0.6) is 0 Å². The Balaban J connectivity index is 2.55. The quantitative estimate of drug-likeness (QED) is 0.805. The SMILES string of the molecule is CC(C)(CN[C@@H]1CC(=O)N(CC(F)(F)F)C1)S(C)(=O)=O. The van der Waals surface area contributed by atoms with Crippen LogP contribution in [-0.4, -0.2) is 62.1 Å². The van der Waals surface area contributed by atoms with Crippen LogP contribution in [0.15, 0.2) is 0 Å². The lowest BCUT2D eigenvalue weighted by molar-refractivity contribution is -0.157. The van der Waals surface area contributed by atoms with Gasteiger partial charge in [0.2, 0.25) is 5.91 Å². The van der Waals surface area contributed by atoms with Crippen LogP contribution in [0.1, 0.15) is 20.3 Å². The van der Waals surface area contributed by atoms with Crippen molar-refractivity contribution in [1.82, 2.24) is 10.2 Å². The number of likely N-dealkylation sites (tertiary alicyclic amines) is 1. The molecule has 118 valence electrons. The third-order valence-corrected chi connectivity index (χ3v) is 5.56. The van der Waals surface area contributed by atoms with Crippen molar-refractivity contribution < 1.29 is 26.4 Å². The van der Waals surface area contributed by atoms with Crippen LogP contribution in [-0.2, 0) is 14.6 Å². The first-order valence-corrected chi connectivity index (χ1v) is 7.98. The van der Waals surface area contributed by atoms with Crippen LogP contribution < -0.4 is 5.32 Å². The molecule has 1 atom stereocenters. The molecule has 1 aliphatic rings. The van der Waals surface area contributed by atoms with Crippen molar-refractivity contribution >= 4 is 15.7 Å². The molecule has 0 aromatic rings. The molecule has 1 rings (SSSR count). The van der Waals surface area contributed by atoms with Crippen molar-refractivity contribution in [3.63, 3.8) is 0 Å². The molecule has 20 heavy (non-hydrogen) atoms. The summed E-state index contributed by atoms with van der Waals surface area (Å²) in [5, 5.41) is 2.87. The highest BCUT2D eigenvalue weighted by Crippen LogP contribution is 2.21. The lowest BCUT2D eigenvalue weighted by atomic mass is 10.2. The standard InChI is InChI=1S/C11H19F3N2O3S/c1-10(2,20(3,18)19)6-15-8-4-9(17)16(5-8)7-11(12,13)14/h8,15H,4-7H2,1-3H3/t8-/m1/s1. The van der Waals surface area contributed by atoms with E-state index in [1.165, 1.54) is 13.8 Å². The van der Waals surface area contributed by atoms with E-state index in [0.29, 0.717) is 0 Å². The predicted octanol–water partition coefficient (Wildman–Crippen LogP) is 0.562. The van der Waals surface area contributed by atoms with Crippen molar-refractivity contribution in [2.24, 2.45) is 0 Å². The van der Waals surface area contributed by atoms with Crippen LogP contribution >= 0.6 is 0 Å². The van der Waals surface area contributed by atoms with E-state index in [0.717, 1.165) is 11.2 Å². The Morgan fingerprint density at radius 1 is 1.35 bits per heavy atom. The van der Waals surface area contributed by atoms with Gasteiger partial charge in [-0.1, -0.05) is 0 Å². The summed E-state index contributed by atoms with van der Waals surface area (Å²) in [6, 6.07) is -0.453. The van der Waals surface area contributed by atoms with E-state index < -0.39 is 39.3 Å². The molecule has 0 aromatic carbocycles. The van der Waals surface area contributed by atoms with Gasteiger partial charge in [0.15, 0.2) is 9.84 Å². The van der Waals surface area contributed by atoms with Gasteiger partial charge in [-0.3, -0.25) is 4.79 Å². The van der Waals surface area contributed by atoms with Gasteiger partial charge in [-0.05, 0) is 13.8 Å². The Bertz CT molecular complexity index is 474. The lowest BCUT2D eigenvalue weighted by Gasteiger charge is -2.25. The van der Waals surface area contributed by atoms with Crippen molar-refractivity contribution in [2.75, 3.05) is 25.9 Å². The first kappa shape index (κ1) is 17.2. The molecule has 0 aromatic heterocycles. The number of amides is 1. The summed E-state index contributed by atoms with van der Waals surface area (Å²) in [6.45, 7) is 1.82. The largest absolute Gasteiger partial charge is 0.406 e. The number of hydrogen-bond acceptors (Lipinski definition) is 4. The Labute approximate surface area is 116 Å². The second-order valence-corrected chi connectivity index (χ2v) is 8.35. The minimum absolute atomic E-state index is 0.0457. The zero-order valence-corrected chi connectivity index (χ0v) is 12.4. The van der Waals surface area contributed by atoms with E-state index in [2.05, 4.69) is 5.32 Å². The molecule has 1 fully saturated rings. The third kappa shape index (κ3) is 4.62. The van der Waals surface area contributed by atoms with Gasteiger partial charge in [-0.2, -0.15) is 13.2 Å². The first-order chi connectivity index (χ1) is 8.82. The Morgan fingerprint density at radius 2 is 1.90 bits per heavy atom. The normalized spacial score (nSPS) is 21.6. The molecule has 1 heterocycles. The molecule has 1 aliphatic heterocycles. The van der Waals surface area contributed by atoms with E-state index in [1.807, 2.05) is 0 Å². The highest BCUT2D eigenvalue weighted by atomic mass is 32.2. The minimum Gasteiger partial charge on any atom is -0.332 e. The average molecular weight is 316 g/mol. The fraction of sp³-hybridized carbons (Fsp3) is 0.909. The number of hydrogen-bond donors (Lipinski definition) is 1. The molecule has 0 aliphatic carbocycles. The van der Waals surface area contributed by atoms with Gasteiger partial charge in [-0.15, -0.1) is 0 Å². The smallest absolute Gasteiger partial charge is 0.332 e. The first-order valence-electron chi connectivity index (χ1n) is 6.09. The summed E-state index contributed by atoms with van der Waals surface area (Å²) in [6.07, 6.45) is -3.36. The highest BCUT2D eigenvalue weighted by molar-refractivity contribution is 7.92. The summed E-state index contributed by atoms with van der Waals surface area (Å²) < 4.78 is 58.7. The maximum atomic E-state index is 12.2. The Kier molecular flexibility index (Phi) is 4.75. The number of nitrogens with one attached hydrogen (secondary N) is 1. The van der Waals surface area contributed by atoms with Gasteiger partial charge in [-0.25, -0.2) is 8.42 Å². The molecule has 0 saturated carbocycles. The second-order valence-electron chi connectivity index (χ2n) is 5.70. The summed E-state index contributed by atoms with van der Waals surface area (Å²) in [5.41, 5.74) is 0. The van der Waals surface area contributed by atoms with E-state index >= 15 is 0 Å². The number of sulfone groups is 1. The van der Waals surface area contributed by atoms with Crippen LogP contribution in [0, 0.1) is 0 Å². The third-order valence-electron chi connectivity index (χ3n) is 3.40. The molecule has 1 N–H and O–H groups in total. The average Bonchev–Trinajstić information content (AvgIpc) is 2.53. The predicted molar refractivity (Wildman–Crippen MR) is 68.0 cm³/mol. The molecule has 1 saturated heterocycles.